The molecule has 0 radical (unpaired) electrons. The smallest absolute Gasteiger partial charge is 0.235 e. The number of carbonyl (C=O) groups excluding carboxylic acids is 2. The first kappa shape index (κ1) is 12.7. The zero-order valence-corrected chi connectivity index (χ0v) is 11.4. The molecule has 20 heavy (non-hydrogen) atoms. The predicted octanol–water partition coefficient (Wildman–Crippen LogP) is 2.72. The Balaban J connectivity index is 2.18. The van der Waals surface area contributed by atoms with Crippen LogP contribution in [0.4, 0.5) is 0 Å². The average molecular weight is 266 g/mol. The summed E-state index contributed by atoms with van der Waals surface area (Å²) >= 11 is 0. The summed E-state index contributed by atoms with van der Waals surface area (Å²) in [6.45, 7) is 4.20. The van der Waals surface area contributed by atoms with Crippen LogP contribution >= 0.6 is 0 Å². The van der Waals surface area contributed by atoms with E-state index in [1.54, 1.807) is 30.6 Å². The molecule has 1 aliphatic rings. The van der Waals surface area contributed by atoms with Crippen LogP contribution in [0.1, 0.15) is 40.1 Å². The van der Waals surface area contributed by atoms with Crippen molar-refractivity contribution in [2.24, 2.45) is 5.92 Å². The van der Waals surface area contributed by atoms with Crippen LogP contribution in [0.25, 0.3) is 11.4 Å². The minimum absolute atomic E-state index is 0.342. The molecule has 3 rings (SSSR count). The number of hydrogen-bond acceptors (Lipinski definition) is 4. The molecule has 0 bridgehead atoms. The summed E-state index contributed by atoms with van der Waals surface area (Å²) in [7, 11) is 0. The van der Waals surface area contributed by atoms with E-state index in [0.29, 0.717) is 28.4 Å². The zero-order valence-electron chi connectivity index (χ0n) is 11.4. The van der Waals surface area contributed by atoms with Crippen LogP contribution in [-0.2, 0) is 6.42 Å². The molecule has 0 saturated carbocycles. The van der Waals surface area contributed by atoms with Gasteiger partial charge in [-0.15, -0.1) is 0 Å². The minimum atomic E-state index is -0.496. The van der Waals surface area contributed by atoms with Crippen molar-refractivity contribution in [3.63, 3.8) is 0 Å². The van der Waals surface area contributed by atoms with Crippen LogP contribution in [0.15, 0.2) is 30.6 Å². The quantitative estimate of drug-likeness (QED) is 0.784. The third-order valence-electron chi connectivity index (χ3n) is 3.32. The second-order valence-corrected chi connectivity index (χ2v) is 5.40. The van der Waals surface area contributed by atoms with Crippen molar-refractivity contribution >= 4 is 11.6 Å². The Bertz CT molecular complexity index is 720. The van der Waals surface area contributed by atoms with E-state index >= 15 is 0 Å². The van der Waals surface area contributed by atoms with Gasteiger partial charge in [-0.1, -0.05) is 13.8 Å². The molecule has 0 fully saturated rings. The van der Waals surface area contributed by atoms with Crippen LogP contribution < -0.4 is 0 Å². The summed E-state index contributed by atoms with van der Waals surface area (Å²) in [5.41, 5.74) is 2.70. The SMILES string of the molecule is CC(C)Cc1cnc2c(c1)C(=O)C(=O)c1cccnc1-2. The largest absolute Gasteiger partial charge is 0.285 e. The maximum absolute atomic E-state index is 12.2. The molecule has 0 saturated heterocycles. The number of Topliss-reactive ketones (excluding diaryl/α,β-unsaturated/α-hetero) is 2. The number of fused-ring (bicyclic) bond motifs is 3. The van der Waals surface area contributed by atoms with E-state index in [4.69, 9.17) is 0 Å². The third kappa shape index (κ3) is 1.93. The number of pyridine rings is 2. The van der Waals surface area contributed by atoms with Crippen LogP contribution in [0, 0.1) is 5.92 Å². The van der Waals surface area contributed by atoms with Crippen molar-refractivity contribution in [3.05, 3.63) is 47.3 Å². The average Bonchev–Trinajstić information content (AvgIpc) is 2.44. The van der Waals surface area contributed by atoms with Crippen molar-refractivity contribution in [1.82, 2.24) is 9.97 Å². The maximum Gasteiger partial charge on any atom is 0.235 e. The number of nitrogens with zero attached hydrogens (tertiary/aromatic N) is 2. The van der Waals surface area contributed by atoms with E-state index in [-0.39, 0.29) is 0 Å². The first-order valence-electron chi connectivity index (χ1n) is 6.61. The minimum Gasteiger partial charge on any atom is -0.285 e. The van der Waals surface area contributed by atoms with Gasteiger partial charge in [0.15, 0.2) is 0 Å². The Morgan fingerprint density at radius 1 is 1.05 bits per heavy atom. The summed E-state index contributed by atoms with van der Waals surface area (Å²) < 4.78 is 0. The highest BCUT2D eigenvalue weighted by molar-refractivity contribution is 6.52. The monoisotopic (exact) mass is 266 g/mol. The lowest BCUT2D eigenvalue weighted by Crippen LogP contribution is -2.23. The molecule has 2 aromatic rings. The summed E-state index contributed by atoms with van der Waals surface area (Å²) in [4.78, 5) is 32.9. The van der Waals surface area contributed by atoms with E-state index in [1.165, 1.54) is 0 Å². The Morgan fingerprint density at radius 3 is 2.50 bits per heavy atom. The molecule has 2 heterocycles. The molecule has 0 atom stereocenters. The summed E-state index contributed by atoms with van der Waals surface area (Å²) in [6.07, 6.45) is 4.20. The summed E-state index contributed by atoms with van der Waals surface area (Å²) in [5, 5.41) is 0. The Morgan fingerprint density at radius 2 is 1.75 bits per heavy atom. The molecule has 0 amide bonds. The Hall–Kier alpha value is -2.36. The lowest BCUT2D eigenvalue weighted by molar-refractivity contribution is 0.0814. The van der Waals surface area contributed by atoms with Crippen LogP contribution in [-0.4, -0.2) is 21.5 Å². The van der Waals surface area contributed by atoms with Gasteiger partial charge in [-0.25, -0.2) is 0 Å². The lowest BCUT2D eigenvalue weighted by Gasteiger charge is -2.16. The van der Waals surface area contributed by atoms with Gasteiger partial charge in [0.05, 0.1) is 11.1 Å². The van der Waals surface area contributed by atoms with Crippen molar-refractivity contribution in [3.8, 4) is 11.4 Å². The maximum atomic E-state index is 12.2. The highest BCUT2D eigenvalue weighted by Gasteiger charge is 2.32. The molecule has 4 nitrogen and oxygen atoms in total. The molecular formula is C16H14N2O2. The normalized spacial score (nSPS) is 13.3. The van der Waals surface area contributed by atoms with Gasteiger partial charge >= 0.3 is 0 Å². The Labute approximate surface area is 116 Å². The van der Waals surface area contributed by atoms with Gasteiger partial charge in [-0.2, -0.15) is 0 Å². The number of rotatable bonds is 2. The number of carbonyl (C=O) groups is 2. The summed E-state index contributed by atoms with van der Waals surface area (Å²) in [6, 6.07) is 5.05. The van der Waals surface area contributed by atoms with Gasteiger partial charge in [0.25, 0.3) is 0 Å². The predicted molar refractivity (Wildman–Crippen MR) is 74.7 cm³/mol. The lowest BCUT2D eigenvalue weighted by atomic mass is 9.89. The number of aromatic nitrogens is 2. The molecule has 0 N–H and O–H groups in total. The van der Waals surface area contributed by atoms with Gasteiger partial charge in [0, 0.05) is 12.4 Å². The Kier molecular flexibility index (Phi) is 2.93. The van der Waals surface area contributed by atoms with Crippen LogP contribution in [0.3, 0.4) is 0 Å². The molecule has 100 valence electrons. The molecule has 4 heteroatoms. The van der Waals surface area contributed by atoms with E-state index < -0.39 is 11.6 Å². The van der Waals surface area contributed by atoms with Crippen molar-refractivity contribution in [2.75, 3.05) is 0 Å². The number of ketones is 2. The molecular weight excluding hydrogens is 252 g/mol. The molecule has 0 spiro atoms. The van der Waals surface area contributed by atoms with Gasteiger partial charge < -0.3 is 0 Å². The molecule has 0 unspecified atom stereocenters. The first-order valence-corrected chi connectivity index (χ1v) is 6.61. The molecule has 1 aliphatic carbocycles. The van der Waals surface area contributed by atoms with Crippen LogP contribution in [0.5, 0.6) is 0 Å². The highest BCUT2D eigenvalue weighted by Crippen LogP contribution is 2.30. The standard InChI is InChI=1S/C16H14N2O2/c1-9(2)6-10-7-12-14(18-8-10)13-11(4-3-5-17-13)15(19)16(12)20/h3-5,7-9H,6H2,1-2H3. The number of hydrogen-bond donors (Lipinski definition) is 0. The fourth-order valence-corrected chi connectivity index (χ4v) is 2.47. The fourth-order valence-electron chi connectivity index (χ4n) is 2.47. The zero-order chi connectivity index (χ0) is 14.3. The van der Waals surface area contributed by atoms with E-state index in [9.17, 15) is 9.59 Å². The van der Waals surface area contributed by atoms with E-state index in [0.717, 1.165) is 12.0 Å². The molecule has 2 aromatic heterocycles. The van der Waals surface area contributed by atoms with E-state index in [2.05, 4.69) is 23.8 Å². The van der Waals surface area contributed by atoms with Crippen molar-refractivity contribution in [1.29, 1.82) is 0 Å². The highest BCUT2D eigenvalue weighted by atomic mass is 16.2. The van der Waals surface area contributed by atoms with Gasteiger partial charge in [0.1, 0.15) is 11.4 Å². The van der Waals surface area contributed by atoms with E-state index in [1.807, 2.05) is 0 Å². The van der Waals surface area contributed by atoms with Gasteiger partial charge in [0.2, 0.25) is 11.6 Å². The molecule has 0 aromatic carbocycles. The van der Waals surface area contributed by atoms with Crippen LogP contribution in [0.2, 0.25) is 0 Å². The third-order valence-corrected chi connectivity index (χ3v) is 3.32. The second-order valence-electron chi connectivity index (χ2n) is 5.40. The van der Waals surface area contributed by atoms with Crippen molar-refractivity contribution < 1.29 is 9.59 Å². The van der Waals surface area contributed by atoms with Gasteiger partial charge in [-0.05, 0) is 36.1 Å². The molecule has 0 aliphatic heterocycles. The topological polar surface area (TPSA) is 59.9 Å². The first-order chi connectivity index (χ1) is 9.58. The van der Waals surface area contributed by atoms with Crippen molar-refractivity contribution in [2.45, 2.75) is 20.3 Å². The summed E-state index contributed by atoms with van der Waals surface area (Å²) in [5.74, 6) is -0.516. The second kappa shape index (κ2) is 4.63. The fraction of sp³-hybridized carbons (Fsp3) is 0.250. The van der Waals surface area contributed by atoms with Gasteiger partial charge in [-0.3, -0.25) is 19.6 Å².